The summed E-state index contributed by atoms with van der Waals surface area (Å²) >= 11 is 19.9. The molecule has 2 aliphatic heterocycles. The molecule has 0 aliphatic carbocycles. The van der Waals surface area contributed by atoms with Gasteiger partial charge < -0.3 is 9.74 Å². The molecule has 2 rings (SSSR count). The van der Waals surface area contributed by atoms with Crippen molar-refractivity contribution < 1.29 is 9.63 Å². The summed E-state index contributed by atoms with van der Waals surface area (Å²) in [7, 11) is 0. The number of carbonyl (C=O) groups is 1. The second kappa shape index (κ2) is 9.36. The standard InChI is InChI=1S/C17H21Cl3N2O2S/c1-10(2)24-21-17(16(11(3)19)13(20)4-6-18)22-7-5-14-12(9-22)8-15(23)25-14/h4,8,10,14H,5-7,9H2,1-3H3/b13-4+,16-11-,21-17-/t14-/m0/s1. The zero-order chi connectivity index (χ0) is 18.6. The Kier molecular flexibility index (Phi) is 7.74. The van der Waals surface area contributed by atoms with E-state index in [4.69, 9.17) is 39.6 Å². The van der Waals surface area contributed by atoms with Gasteiger partial charge in [-0.3, -0.25) is 4.79 Å². The SMILES string of the molecule is C/C(Cl)=C(C(=N/OC(C)C)/N1CC[C@@H]2SC(=O)C=C2C1)\C(Cl)=C/CCl. The highest BCUT2D eigenvalue weighted by atomic mass is 35.5. The second-order valence-electron chi connectivity index (χ2n) is 6.04. The van der Waals surface area contributed by atoms with E-state index in [1.165, 1.54) is 11.8 Å². The zero-order valence-electron chi connectivity index (χ0n) is 14.4. The summed E-state index contributed by atoms with van der Waals surface area (Å²) in [6, 6.07) is 0. The first-order chi connectivity index (χ1) is 11.8. The molecule has 2 aliphatic rings. The molecule has 0 radical (unpaired) electrons. The lowest BCUT2D eigenvalue weighted by atomic mass is 10.0. The Morgan fingerprint density at radius 3 is 2.84 bits per heavy atom. The number of nitrogens with zero attached hydrogens (tertiary/aromatic N) is 2. The topological polar surface area (TPSA) is 41.9 Å². The molecule has 4 nitrogen and oxygen atoms in total. The van der Waals surface area contributed by atoms with E-state index < -0.39 is 0 Å². The van der Waals surface area contributed by atoms with Crippen LogP contribution in [0.25, 0.3) is 0 Å². The average Bonchev–Trinajstić information content (AvgIpc) is 2.89. The van der Waals surface area contributed by atoms with Gasteiger partial charge in [0.05, 0.1) is 5.57 Å². The van der Waals surface area contributed by atoms with E-state index >= 15 is 0 Å². The number of hydrogen-bond donors (Lipinski definition) is 0. The normalized spacial score (nSPS) is 22.8. The van der Waals surface area contributed by atoms with E-state index in [2.05, 4.69) is 10.1 Å². The van der Waals surface area contributed by atoms with E-state index in [1.807, 2.05) is 13.8 Å². The van der Waals surface area contributed by atoms with Gasteiger partial charge in [-0.25, -0.2) is 0 Å². The third kappa shape index (κ3) is 5.43. The highest BCUT2D eigenvalue weighted by Gasteiger charge is 2.34. The Morgan fingerprint density at radius 2 is 2.24 bits per heavy atom. The largest absolute Gasteiger partial charge is 0.391 e. The van der Waals surface area contributed by atoms with Crippen molar-refractivity contribution in [3.8, 4) is 0 Å². The average molecular weight is 424 g/mol. The molecule has 0 saturated carbocycles. The maximum absolute atomic E-state index is 11.7. The second-order valence-corrected chi connectivity index (χ2v) is 8.53. The van der Waals surface area contributed by atoms with Crippen LogP contribution >= 0.6 is 46.6 Å². The number of piperidine rings is 1. The first-order valence-electron chi connectivity index (χ1n) is 8.02. The van der Waals surface area contributed by atoms with Crippen molar-refractivity contribution in [2.45, 2.75) is 38.5 Å². The van der Waals surface area contributed by atoms with E-state index in [1.54, 1.807) is 19.1 Å². The number of fused-ring (bicyclic) bond motifs is 1. The lowest BCUT2D eigenvalue weighted by Gasteiger charge is -2.34. The molecule has 138 valence electrons. The van der Waals surface area contributed by atoms with Crippen molar-refractivity contribution in [3.63, 3.8) is 0 Å². The van der Waals surface area contributed by atoms with Gasteiger partial charge in [0.25, 0.3) is 0 Å². The molecule has 1 saturated heterocycles. The first-order valence-corrected chi connectivity index (χ1v) is 10.2. The fraction of sp³-hybridized carbons (Fsp3) is 0.529. The van der Waals surface area contributed by atoms with Gasteiger partial charge in [-0.05, 0) is 38.8 Å². The van der Waals surface area contributed by atoms with Crippen LogP contribution in [0.1, 0.15) is 27.2 Å². The van der Waals surface area contributed by atoms with Crippen LogP contribution in [0.15, 0.2) is 38.5 Å². The molecule has 0 unspecified atom stereocenters. The predicted molar refractivity (Wildman–Crippen MR) is 108 cm³/mol. The number of oxime groups is 1. The molecule has 0 spiro atoms. The molecule has 25 heavy (non-hydrogen) atoms. The van der Waals surface area contributed by atoms with E-state index in [9.17, 15) is 4.79 Å². The van der Waals surface area contributed by atoms with Crippen molar-refractivity contribution in [1.29, 1.82) is 0 Å². The third-order valence-electron chi connectivity index (χ3n) is 3.72. The number of rotatable bonds is 5. The Morgan fingerprint density at radius 1 is 1.52 bits per heavy atom. The van der Waals surface area contributed by atoms with Crippen LogP contribution in [0.5, 0.6) is 0 Å². The predicted octanol–water partition coefficient (Wildman–Crippen LogP) is 4.87. The van der Waals surface area contributed by atoms with Gasteiger partial charge in [-0.2, -0.15) is 0 Å². The van der Waals surface area contributed by atoms with Crippen molar-refractivity contribution in [3.05, 3.63) is 33.4 Å². The number of likely N-dealkylation sites (tertiary alicyclic amines) is 1. The summed E-state index contributed by atoms with van der Waals surface area (Å²) in [6.45, 7) is 6.89. The maximum Gasteiger partial charge on any atom is 0.212 e. The maximum atomic E-state index is 11.7. The lowest BCUT2D eigenvalue weighted by Crippen LogP contribution is -2.41. The fourth-order valence-corrected chi connectivity index (χ4v) is 4.44. The Labute approximate surface area is 167 Å². The Hall–Kier alpha value is -0.620. The lowest BCUT2D eigenvalue weighted by molar-refractivity contribution is -0.106. The highest BCUT2D eigenvalue weighted by molar-refractivity contribution is 8.15. The zero-order valence-corrected chi connectivity index (χ0v) is 17.5. The molecule has 0 aromatic rings. The molecule has 0 N–H and O–H groups in total. The number of hydrogen-bond acceptors (Lipinski definition) is 4. The van der Waals surface area contributed by atoms with E-state index in [-0.39, 0.29) is 22.3 Å². The van der Waals surface area contributed by atoms with Gasteiger partial charge in [0.1, 0.15) is 6.10 Å². The molecule has 2 heterocycles. The van der Waals surface area contributed by atoms with Crippen molar-refractivity contribution in [2.24, 2.45) is 5.16 Å². The number of amidine groups is 1. The van der Waals surface area contributed by atoms with Crippen LogP contribution < -0.4 is 0 Å². The first kappa shape index (κ1) is 20.7. The monoisotopic (exact) mass is 422 g/mol. The number of thioether (sulfide) groups is 1. The molecule has 0 aromatic carbocycles. The van der Waals surface area contributed by atoms with Crippen LogP contribution in [0.4, 0.5) is 0 Å². The van der Waals surface area contributed by atoms with Gasteiger partial charge in [-0.1, -0.05) is 46.2 Å². The minimum absolute atomic E-state index is 0.0805. The van der Waals surface area contributed by atoms with Crippen LogP contribution in [0.2, 0.25) is 0 Å². The summed E-state index contributed by atoms with van der Waals surface area (Å²) in [5, 5.41) is 5.63. The van der Waals surface area contributed by atoms with Crippen molar-refractivity contribution in [1.82, 2.24) is 4.90 Å². The summed E-state index contributed by atoms with van der Waals surface area (Å²) < 4.78 is 0. The summed E-state index contributed by atoms with van der Waals surface area (Å²) in [5.41, 5.74) is 1.70. The Balaban J connectivity index is 2.38. The summed E-state index contributed by atoms with van der Waals surface area (Å²) in [4.78, 5) is 19.2. The molecule has 0 amide bonds. The Bertz CT molecular complexity index is 652. The minimum Gasteiger partial charge on any atom is -0.391 e. The molecule has 0 aromatic heterocycles. The van der Waals surface area contributed by atoms with Crippen molar-refractivity contribution in [2.75, 3.05) is 19.0 Å². The third-order valence-corrected chi connectivity index (χ3v) is 5.58. The molecular formula is C17H21Cl3N2O2S. The van der Waals surface area contributed by atoms with Gasteiger partial charge in [0.15, 0.2) is 5.84 Å². The summed E-state index contributed by atoms with van der Waals surface area (Å²) in [5.74, 6) is 0.833. The van der Waals surface area contributed by atoms with Gasteiger partial charge >= 0.3 is 0 Å². The fourth-order valence-electron chi connectivity index (χ4n) is 2.65. The smallest absolute Gasteiger partial charge is 0.212 e. The molecule has 0 bridgehead atoms. The van der Waals surface area contributed by atoms with E-state index in [0.717, 1.165) is 18.5 Å². The number of halogens is 3. The van der Waals surface area contributed by atoms with Crippen LogP contribution in [0, 0.1) is 0 Å². The number of carbonyl (C=O) groups excluding carboxylic acids is 1. The van der Waals surface area contributed by atoms with Crippen LogP contribution in [0.3, 0.4) is 0 Å². The highest BCUT2D eigenvalue weighted by Crippen LogP contribution is 2.36. The molecule has 8 heteroatoms. The van der Waals surface area contributed by atoms with Gasteiger partial charge in [-0.15, -0.1) is 11.6 Å². The summed E-state index contributed by atoms with van der Waals surface area (Å²) in [6.07, 6.45) is 4.17. The van der Waals surface area contributed by atoms with Crippen molar-refractivity contribution >= 4 is 57.5 Å². The van der Waals surface area contributed by atoms with Crippen LogP contribution in [-0.2, 0) is 9.63 Å². The number of alkyl halides is 1. The van der Waals surface area contributed by atoms with Gasteiger partial charge in [0, 0.05) is 34.3 Å². The molecule has 1 fully saturated rings. The van der Waals surface area contributed by atoms with Crippen LogP contribution in [-0.4, -0.2) is 46.2 Å². The quantitative estimate of drug-likeness (QED) is 0.208. The molecule has 1 atom stereocenters. The minimum atomic E-state index is -0.0805. The van der Waals surface area contributed by atoms with E-state index in [0.29, 0.717) is 28.0 Å². The molecular weight excluding hydrogens is 403 g/mol. The van der Waals surface area contributed by atoms with Gasteiger partial charge in [0.2, 0.25) is 5.12 Å². The number of allylic oxidation sites excluding steroid dienone is 2.